The molecule has 0 radical (unpaired) electrons. The number of hydrogen-bond acceptors (Lipinski definition) is 2. The number of aryl methyl sites for hydroxylation is 1. The maximum atomic E-state index is 14.1. The number of carbonyl (C=O) groups is 1. The van der Waals surface area contributed by atoms with Crippen LogP contribution in [0.3, 0.4) is 0 Å². The number of hydrazine groups is 1. The molecule has 1 aliphatic rings. The van der Waals surface area contributed by atoms with Crippen LogP contribution >= 0.6 is 0 Å². The van der Waals surface area contributed by atoms with E-state index in [4.69, 9.17) is 0 Å². The van der Waals surface area contributed by atoms with E-state index in [1.54, 1.807) is 26.0 Å². The van der Waals surface area contributed by atoms with Crippen LogP contribution < -0.4 is 5.43 Å². The molecule has 0 aliphatic carbocycles. The third kappa shape index (κ3) is 4.17. The number of amides is 1. The molecule has 2 aromatic carbocycles. The van der Waals surface area contributed by atoms with Crippen LogP contribution in [0.15, 0.2) is 36.4 Å². The summed E-state index contributed by atoms with van der Waals surface area (Å²) in [6, 6.07) is 8.97. The second-order valence-electron chi connectivity index (χ2n) is 8.26. The van der Waals surface area contributed by atoms with Crippen LogP contribution in [-0.4, -0.2) is 23.6 Å². The number of rotatable bonds is 6. The quantitative estimate of drug-likeness (QED) is 0.654. The Morgan fingerprint density at radius 3 is 2.50 bits per heavy atom. The van der Waals surface area contributed by atoms with Gasteiger partial charge in [0.05, 0.1) is 5.41 Å². The normalized spacial score (nSPS) is 18.4. The molecule has 1 aliphatic heterocycles. The zero-order valence-electron chi connectivity index (χ0n) is 16.6. The third-order valence-corrected chi connectivity index (χ3v) is 5.38. The fourth-order valence-electron chi connectivity index (χ4n) is 3.87. The van der Waals surface area contributed by atoms with Gasteiger partial charge in [-0.05, 0) is 54.7 Å². The van der Waals surface area contributed by atoms with Gasteiger partial charge in [-0.25, -0.2) is 5.01 Å². The van der Waals surface area contributed by atoms with Crippen LogP contribution in [0.5, 0.6) is 0 Å². The van der Waals surface area contributed by atoms with Crippen LogP contribution in [0, 0.1) is 5.41 Å². The third-order valence-electron chi connectivity index (χ3n) is 5.38. The van der Waals surface area contributed by atoms with Crippen molar-refractivity contribution in [2.24, 2.45) is 5.41 Å². The summed E-state index contributed by atoms with van der Waals surface area (Å²) in [6.45, 7) is 5.43. The Morgan fingerprint density at radius 2 is 1.89 bits per heavy atom. The molecular weight excluding hydrogens is 365 g/mol. The summed E-state index contributed by atoms with van der Waals surface area (Å²) in [4.78, 5) is 12.1. The standard InChI is InChI=1S/C22H27F3N2O/c1-4-5-6-9-15-12-17(13-16-10-7-8-11-18(15)16)19(22(23,24)25)27-14-21(2,3)20(28)26-27/h7-8,10-13,19H,4-6,9,14H2,1-3H3,(H,26,28). The van der Waals surface area contributed by atoms with E-state index in [-0.39, 0.29) is 18.0 Å². The minimum atomic E-state index is -4.50. The molecule has 3 nitrogen and oxygen atoms in total. The van der Waals surface area contributed by atoms with Gasteiger partial charge in [-0.3, -0.25) is 10.2 Å². The maximum Gasteiger partial charge on any atom is 0.409 e. The number of fused-ring (bicyclic) bond motifs is 1. The summed E-state index contributed by atoms with van der Waals surface area (Å²) in [6.07, 6.45) is -0.731. The lowest BCUT2D eigenvalue weighted by atomic mass is 9.92. The summed E-state index contributed by atoms with van der Waals surface area (Å²) >= 11 is 0. The highest BCUT2D eigenvalue weighted by Crippen LogP contribution is 2.42. The van der Waals surface area contributed by atoms with Gasteiger partial charge < -0.3 is 0 Å². The number of hydrogen-bond donors (Lipinski definition) is 1. The predicted octanol–water partition coefficient (Wildman–Crippen LogP) is 5.55. The van der Waals surface area contributed by atoms with Gasteiger partial charge in [-0.1, -0.05) is 50.1 Å². The van der Waals surface area contributed by atoms with Crippen molar-refractivity contribution in [3.8, 4) is 0 Å². The van der Waals surface area contributed by atoms with Crippen molar-refractivity contribution in [2.75, 3.05) is 6.54 Å². The summed E-state index contributed by atoms with van der Waals surface area (Å²) in [7, 11) is 0. The van der Waals surface area contributed by atoms with Crippen molar-refractivity contribution >= 4 is 16.7 Å². The first kappa shape index (κ1) is 20.6. The highest BCUT2D eigenvalue weighted by molar-refractivity contribution is 5.87. The van der Waals surface area contributed by atoms with Gasteiger partial charge in [-0.2, -0.15) is 13.2 Å². The fraction of sp³-hybridized carbons (Fsp3) is 0.500. The first-order valence-electron chi connectivity index (χ1n) is 9.79. The summed E-state index contributed by atoms with van der Waals surface area (Å²) in [5.41, 5.74) is 2.69. The number of carbonyl (C=O) groups excluding carboxylic acids is 1. The van der Waals surface area contributed by atoms with Gasteiger partial charge >= 0.3 is 6.18 Å². The average molecular weight is 392 g/mol. The van der Waals surface area contributed by atoms with E-state index in [1.165, 1.54) is 0 Å². The Balaban J connectivity index is 2.06. The maximum absolute atomic E-state index is 14.1. The average Bonchev–Trinajstić information content (AvgIpc) is 2.86. The van der Waals surface area contributed by atoms with Gasteiger partial charge in [-0.15, -0.1) is 0 Å². The molecule has 1 amide bonds. The molecule has 1 fully saturated rings. The molecule has 0 spiro atoms. The molecule has 3 rings (SSSR count). The number of unbranched alkanes of at least 4 members (excludes halogenated alkanes) is 2. The molecule has 1 heterocycles. The first-order valence-corrected chi connectivity index (χ1v) is 9.79. The molecule has 28 heavy (non-hydrogen) atoms. The Hall–Kier alpha value is -2.08. The van der Waals surface area contributed by atoms with Crippen LogP contribution in [0.2, 0.25) is 0 Å². The molecular formula is C22H27F3N2O. The van der Waals surface area contributed by atoms with Gasteiger partial charge in [0.1, 0.15) is 6.04 Å². The van der Waals surface area contributed by atoms with Crippen LogP contribution in [0.1, 0.15) is 57.2 Å². The minimum absolute atomic E-state index is 0.00794. The molecule has 1 N–H and O–H groups in total. The largest absolute Gasteiger partial charge is 0.409 e. The number of benzene rings is 2. The van der Waals surface area contributed by atoms with E-state index in [9.17, 15) is 18.0 Å². The van der Waals surface area contributed by atoms with Crippen LogP contribution in [0.4, 0.5) is 13.2 Å². The summed E-state index contributed by atoms with van der Waals surface area (Å²) in [5, 5.41) is 2.84. The Morgan fingerprint density at radius 1 is 1.18 bits per heavy atom. The summed E-state index contributed by atoms with van der Waals surface area (Å²) < 4.78 is 42.2. The van der Waals surface area contributed by atoms with Gasteiger partial charge in [0.25, 0.3) is 0 Å². The smallest absolute Gasteiger partial charge is 0.287 e. The first-order chi connectivity index (χ1) is 13.1. The lowest BCUT2D eigenvalue weighted by Crippen LogP contribution is -2.43. The van der Waals surface area contributed by atoms with E-state index in [2.05, 4.69) is 12.3 Å². The Kier molecular flexibility index (Phi) is 5.71. The Bertz CT molecular complexity index is 860. The van der Waals surface area contributed by atoms with E-state index in [0.717, 1.165) is 47.0 Å². The molecule has 6 heteroatoms. The van der Waals surface area contributed by atoms with E-state index in [1.807, 2.05) is 24.3 Å². The van der Waals surface area contributed by atoms with Gasteiger partial charge in [0, 0.05) is 6.54 Å². The lowest BCUT2D eigenvalue weighted by molar-refractivity contribution is -0.191. The minimum Gasteiger partial charge on any atom is -0.287 e. The zero-order chi connectivity index (χ0) is 20.5. The van der Waals surface area contributed by atoms with Crippen molar-refractivity contribution in [1.29, 1.82) is 0 Å². The highest BCUT2D eigenvalue weighted by atomic mass is 19.4. The highest BCUT2D eigenvalue weighted by Gasteiger charge is 2.51. The van der Waals surface area contributed by atoms with Crippen molar-refractivity contribution in [2.45, 2.75) is 58.7 Å². The monoisotopic (exact) mass is 392 g/mol. The predicted molar refractivity (Wildman–Crippen MR) is 105 cm³/mol. The second kappa shape index (κ2) is 7.74. The topological polar surface area (TPSA) is 32.3 Å². The van der Waals surface area contributed by atoms with Gasteiger partial charge in [0.2, 0.25) is 5.91 Å². The number of nitrogens with one attached hydrogen (secondary N) is 1. The molecule has 0 saturated carbocycles. The molecule has 1 atom stereocenters. The van der Waals surface area contributed by atoms with Crippen molar-refractivity contribution in [1.82, 2.24) is 10.4 Å². The Labute approximate surface area is 163 Å². The van der Waals surface area contributed by atoms with E-state index < -0.39 is 17.6 Å². The molecule has 152 valence electrons. The summed E-state index contributed by atoms with van der Waals surface area (Å²) in [5.74, 6) is -0.384. The zero-order valence-corrected chi connectivity index (χ0v) is 16.6. The fourth-order valence-corrected chi connectivity index (χ4v) is 3.87. The SMILES string of the molecule is CCCCCc1cc(C(N2CC(C)(C)C(=O)N2)C(F)(F)F)cc2ccccc12. The number of nitrogens with zero attached hydrogens (tertiary/aromatic N) is 1. The van der Waals surface area contributed by atoms with E-state index >= 15 is 0 Å². The second-order valence-corrected chi connectivity index (χ2v) is 8.26. The molecule has 0 bridgehead atoms. The molecule has 0 aromatic heterocycles. The number of halogens is 3. The molecule has 1 saturated heterocycles. The molecule has 1 unspecified atom stereocenters. The van der Waals surface area contributed by atoms with E-state index in [0.29, 0.717) is 0 Å². The van der Waals surface area contributed by atoms with Crippen molar-refractivity contribution in [3.05, 3.63) is 47.5 Å². The van der Waals surface area contributed by atoms with Crippen LogP contribution in [-0.2, 0) is 11.2 Å². The van der Waals surface area contributed by atoms with Gasteiger partial charge in [0.15, 0.2) is 0 Å². The number of alkyl halides is 3. The molecule has 2 aromatic rings. The van der Waals surface area contributed by atoms with Crippen molar-refractivity contribution < 1.29 is 18.0 Å². The lowest BCUT2D eigenvalue weighted by Gasteiger charge is -2.30. The van der Waals surface area contributed by atoms with Crippen molar-refractivity contribution in [3.63, 3.8) is 0 Å². The van der Waals surface area contributed by atoms with Crippen LogP contribution in [0.25, 0.3) is 10.8 Å².